The number of carbonyl (C=O) groups excluding carboxylic acids is 3. The maximum Gasteiger partial charge on any atom is 0.322 e. The van der Waals surface area contributed by atoms with Gasteiger partial charge in [0.15, 0.2) is 0 Å². The molecular formula is C19H28N4O5S2. The third-order valence-corrected chi connectivity index (χ3v) is 5.12. The molecule has 0 aliphatic rings. The highest BCUT2D eigenvalue weighted by Gasteiger charge is 2.27. The average Bonchev–Trinajstić information content (AvgIpc) is 2.73. The van der Waals surface area contributed by atoms with Gasteiger partial charge in [0, 0.05) is 5.75 Å². The van der Waals surface area contributed by atoms with Crippen molar-refractivity contribution in [1.82, 2.24) is 16.0 Å². The molecule has 3 atom stereocenters. The minimum Gasteiger partial charge on any atom is -0.480 e. The van der Waals surface area contributed by atoms with Gasteiger partial charge in [-0.1, -0.05) is 30.3 Å². The van der Waals surface area contributed by atoms with E-state index in [9.17, 15) is 19.2 Å². The number of nitrogens with one attached hydrogen (secondary N) is 3. The molecule has 1 rings (SSSR count). The van der Waals surface area contributed by atoms with E-state index in [0.717, 1.165) is 5.56 Å². The van der Waals surface area contributed by atoms with Gasteiger partial charge in [-0.2, -0.15) is 24.4 Å². The van der Waals surface area contributed by atoms with E-state index in [1.807, 2.05) is 36.6 Å². The van der Waals surface area contributed by atoms with E-state index in [2.05, 4.69) is 28.6 Å². The molecule has 0 saturated carbocycles. The van der Waals surface area contributed by atoms with Crippen LogP contribution in [0, 0.1) is 0 Å². The summed E-state index contributed by atoms with van der Waals surface area (Å²) in [5, 5.41) is 16.1. The van der Waals surface area contributed by atoms with Gasteiger partial charge in [0.2, 0.25) is 17.7 Å². The molecule has 0 aliphatic heterocycles. The second kappa shape index (κ2) is 13.9. The van der Waals surface area contributed by atoms with Crippen LogP contribution in [0.4, 0.5) is 0 Å². The Morgan fingerprint density at radius 3 is 2.27 bits per heavy atom. The molecule has 0 spiro atoms. The normalized spacial score (nSPS) is 13.6. The summed E-state index contributed by atoms with van der Waals surface area (Å²) in [4.78, 5) is 47.8. The zero-order chi connectivity index (χ0) is 22.5. The summed E-state index contributed by atoms with van der Waals surface area (Å²) in [5.41, 5.74) is 6.83. The van der Waals surface area contributed by atoms with Crippen molar-refractivity contribution in [1.29, 1.82) is 0 Å². The van der Waals surface area contributed by atoms with Gasteiger partial charge in [-0.3, -0.25) is 19.2 Å². The Labute approximate surface area is 185 Å². The summed E-state index contributed by atoms with van der Waals surface area (Å²) in [6.45, 7) is -0.550. The first kappa shape index (κ1) is 25.8. The van der Waals surface area contributed by atoms with Crippen LogP contribution in [0.25, 0.3) is 0 Å². The van der Waals surface area contributed by atoms with E-state index in [4.69, 9.17) is 10.8 Å². The van der Waals surface area contributed by atoms with E-state index >= 15 is 0 Å². The first-order valence-corrected chi connectivity index (χ1v) is 11.3. The Morgan fingerprint density at radius 2 is 1.70 bits per heavy atom. The lowest BCUT2D eigenvalue weighted by Gasteiger charge is -2.23. The number of amides is 3. The Hall–Kier alpha value is -2.24. The first-order valence-electron chi connectivity index (χ1n) is 9.28. The second-order valence-corrected chi connectivity index (χ2v) is 7.84. The Bertz CT molecular complexity index is 720. The van der Waals surface area contributed by atoms with E-state index < -0.39 is 48.4 Å². The molecule has 0 saturated heterocycles. The van der Waals surface area contributed by atoms with Crippen LogP contribution in [-0.2, 0) is 25.6 Å². The molecule has 0 bridgehead atoms. The molecule has 1 aromatic rings. The smallest absolute Gasteiger partial charge is 0.322 e. The number of nitrogens with two attached hydrogens (primary N) is 1. The molecule has 1 aromatic carbocycles. The molecule has 30 heavy (non-hydrogen) atoms. The Balaban J connectivity index is 2.69. The zero-order valence-electron chi connectivity index (χ0n) is 16.7. The number of thiol groups is 1. The van der Waals surface area contributed by atoms with Crippen molar-refractivity contribution >= 4 is 48.1 Å². The van der Waals surface area contributed by atoms with E-state index in [-0.39, 0.29) is 5.75 Å². The van der Waals surface area contributed by atoms with Gasteiger partial charge >= 0.3 is 5.97 Å². The van der Waals surface area contributed by atoms with Gasteiger partial charge in [-0.05, 0) is 30.4 Å². The predicted molar refractivity (Wildman–Crippen MR) is 119 cm³/mol. The van der Waals surface area contributed by atoms with E-state index in [1.165, 1.54) is 11.8 Å². The van der Waals surface area contributed by atoms with Crippen LogP contribution in [-0.4, -0.2) is 71.2 Å². The van der Waals surface area contributed by atoms with Crippen LogP contribution in [0.15, 0.2) is 30.3 Å². The van der Waals surface area contributed by atoms with Crippen molar-refractivity contribution in [2.75, 3.05) is 24.3 Å². The topological polar surface area (TPSA) is 151 Å². The monoisotopic (exact) mass is 456 g/mol. The van der Waals surface area contributed by atoms with Crippen molar-refractivity contribution in [3.05, 3.63) is 35.9 Å². The fourth-order valence-electron chi connectivity index (χ4n) is 2.50. The van der Waals surface area contributed by atoms with Crippen LogP contribution in [0.3, 0.4) is 0 Å². The quantitative estimate of drug-likeness (QED) is 0.217. The van der Waals surface area contributed by atoms with Crippen molar-refractivity contribution in [3.63, 3.8) is 0 Å². The fourth-order valence-corrected chi connectivity index (χ4v) is 3.22. The lowest BCUT2D eigenvalue weighted by molar-refractivity contribution is -0.138. The van der Waals surface area contributed by atoms with Crippen molar-refractivity contribution in [2.45, 2.75) is 31.0 Å². The summed E-state index contributed by atoms with van der Waals surface area (Å²) < 4.78 is 0. The molecule has 0 heterocycles. The Kier molecular flexibility index (Phi) is 11.9. The third kappa shape index (κ3) is 9.51. The minimum absolute atomic E-state index is 0.00161. The van der Waals surface area contributed by atoms with E-state index in [1.54, 1.807) is 0 Å². The molecule has 0 fully saturated rings. The number of hydrogen-bond acceptors (Lipinski definition) is 7. The molecule has 0 radical (unpaired) electrons. The standard InChI is InChI=1S/C19H28N4O5S2/c1-30-8-7-14(18(27)21-10-16(24)25)22-19(28)15(11-29)23-17(26)13(20)9-12-5-3-2-4-6-12/h2-6,13-15,29H,7-11,20H2,1H3,(H,21,27)(H,22,28)(H,23,26)(H,24,25). The number of benzene rings is 1. The summed E-state index contributed by atoms with van der Waals surface area (Å²) in [5.74, 6) is -2.32. The molecule has 166 valence electrons. The molecule has 3 amide bonds. The largest absolute Gasteiger partial charge is 0.480 e. The molecule has 9 nitrogen and oxygen atoms in total. The second-order valence-electron chi connectivity index (χ2n) is 6.49. The van der Waals surface area contributed by atoms with Crippen LogP contribution >= 0.6 is 24.4 Å². The van der Waals surface area contributed by atoms with Gasteiger partial charge < -0.3 is 26.8 Å². The molecule has 3 unspecified atom stereocenters. The van der Waals surface area contributed by atoms with Crippen molar-refractivity contribution in [2.24, 2.45) is 5.73 Å². The third-order valence-electron chi connectivity index (χ3n) is 4.11. The maximum atomic E-state index is 12.6. The number of carboxylic acids is 1. The lowest BCUT2D eigenvalue weighted by atomic mass is 10.1. The minimum atomic E-state index is -1.19. The SMILES string of the molecule is CSCCC(NC(=O)C(CS)NC(=O)C(N)Cc1ccccc1)C(=O)NCC(=O)O. The number of aliphatic carboxylic acids is 1. The zero-order valence-corrected chi connectivity index (χ0v) is 18.4. The summed E-state index contributed by atoms with van der Waals surface area (Å²) in [7, 11) is 0. The highest BCUT2D eigenvalue weighted by molar-refractivity contribution is 7.98. The molecule has 6 N–H and O–H groups in total. The molecule has 0 aromatic heterocycles. The van der Waals surface area contributed by atoms with E-state index in [0.29, 0.717) is 18.6 Å². The number of carboxylic acid groups (broad SMARTS) is 1. The average molecular weight is 457 g/mol. The van der Waals surface area contributed by atoms with Gasteiger partial charge in [0.25, 0.3) is 0 Å². The Morgan fingerprint density at radius 1 is 1.07 bits per heavy atom. The number of carbonyl (C=O) groups is 4. The highest BCUT2D eigenvalue weighted by Crippen LogP contribution is 2.04. The maximum absolute atomic E-state index is 12.6. The highest BCUT2D eigenvalue weighted by atomic mass is 32.2. The van der Waals surface area contributed by atoms with Gasteiger partial charge in [0.1, 0.15) is 18.6 Å². The fraction of sp³-hybridized carbons (Fsp3) is 0.474. The molecular weight excluding hydrogens is 428 g/mol. The van der Waals surface area contributed by atoms with Gasteiger partial charge in [0.05, 0.1) is 6.04 Å². The van der Waals surface area contributed by atoms with Crippen molar-refractivity contribution < 1.29 is 24.3 Å². The summed E-state index contributed by atoms with van der Waals surface area (Å²) >= 11 is 5.59. The summed E-state index contributed by atoms with van der Waals surface area (Å²) in [6, 6.07) is 6.46. The van der Waals surface area contributed by atoms with Crippen molar-refractivity contribution in [3.8, 4) is 0 Å². The lowest BCUT2D eigenvalue weighted by Crippen LogP contribution is -2.57. The van der Waals surface area contributed by atoms with Crippen LogP contribution < -0.4 is 21.7 Å². The van der Waals surface area contributed by atoms with Crippen LogP contribution in [0.2, 0.25) is 0 Å². The van der Waals surface area contributed by atoms with Crippen LogP contribution in [0.1, 0.15) is 12.0 Å². The van der Waals surface area contributed by atoms with Crippen LogP contribution in [0.5, 0.6) is 0 Å². The number of rotatable bonds is 13. The first-order chi connectivity index (χ1) is 14.3. The van der Waals surface area contributed by atoms with Gasteiger partial charge in [-0.15, -0.1) is 0 Å². The summed E-state index contributed by atoms with van der Waals surface area (Å²) in [6.07, 6.45) is 2.46. The molecule has 0 aliphatic carbocycles. The number of thioether (sulfide) groups is 1. The molecule has 11 heteroatoms. The van der Waals surface area contributed by atoms with Gasteiger partial charge in [-0.25, -0.2) is 0 Å². The number of hydrogen-bond donors (Lipinski definition) is 6. The predicted octanol–water partition coefficient (Wildman–Crippen LogP) is -0.590.